The molecule has 1 fully saturated rings. The molecule has 0 radical (unpaired) electrons. The van der Waals surface area contributed by atoms with Crippen LogP contribution in [-0.2, 0) is 0 Å². The SMILES string of the molecule is CC(C)N1N=NC2CCC(CN)CC21. The Hall–Kier alpha value is -0.640. The molecule has 14 heavy (non-hydrogen) atoms. The van der Waals surface area contributed by atoms with E-state index < -0.39 is 0 Å². The number of hydrogen-bond acceptors (Lipinski definition) is 4. The van der Waals surface area contributed by atoms with Crippen LogP contribution in [0.2, 0.25) is 0 Å². The van der Waals surface area contributed by atoms with Crippen LogP contribution in [0, 0.1) is 5.92 Å². The molecule has 1 aliphatic heterocycles. The van der Waals surface area contributed by atoms with Crippen LogP contribution in [0.4, 0.5) is 0 Å². The van der Waals surface area contributed by atoms with Crippen molar-refractivity contribution in [3.63, 3.8) is 0 Å². The molecule has 2 rings (SSSR count). The maximum absolute atomic E-state index is 5.73. The highest BCUT2D eigenvalue weighted by Crippen LogP contribution is 2.34. The Morgan fingerprint density at radius 3 is 2.86 bits per heavy atom. The molecule has 0 bridgehead atoms. The van der Waals surface area contributed by atoms with Crippen molar-refractivity contribution in [1.82, 2.24) is 5.01 Å². The fourth-order valence-corrected chi connectivity index (χ4v) is 2.53. The third kappa shape index (κ3) is 1.63. The average molecular weight is 196 g/mol. The van der Waals surface area contributed by atoms with Gasteiger partial charge in [0.25, 0.3) is 0 Å². The van der Waals surface area contributed by atoms with E-state index in [1.54, 1.807) is 0 Å². The van der Waals surface area contributed by atoms with Crippen molar-refractivity contribution in [2.45, 2.75) is 51.2 Å². The van der Waals surface area contributed by atoms with Crippen LogP contribution in [0.1, 0.15) is 33.1 Å². The maximum atomic E-state index is 5.73. The Bertz CT molecular complexity index is 226. The standard InChI is InChI=1S/C10H20N4/c1-7(2)14-10-5-8(6-11)3-4-9(10)12-13-14/h7-10H,3-6,11H2,1-2H3. The lowest BCUT2D eigenvalue weighted by Gasteiger charge is -2.35. The molecule has 0 aromatic heterocycles. The van der Waals surface area contributed by atoms with E-state index in [9.17, 15) is 0 Å². The first-order valence-corrected chi connectivity index (χ1v) is 5.61. The van der Waals surface area contributed by atoms with Gasteiger partial charge in [0.15, 0.2) is 0 Å². The molecule has 80 valence electrons. The van der Waals surface area contributed by atoms with Crippen molar-refractivity contribution < 1.29 is 0 Å². The third-order valence-corrected chi connectivity index (χ3v) is 3.40. The molecule has 1 saturated carbocycles. The molecule has 4 heteroatoms. The molecule has 2 N–H and O–H groups in total. The molecule has 0 aromatic carbocycles. The van der Waals surface area contributed by atoms with Crippen molar-refractivity contribution in [2.75, 3.05) is 6.54 Å². The van der Waals surface area contributed by atoms with Gasteiger partial charge in [-0.15, -0.1) is 0 Å². The predicted octanol–water partition coefficient (Wildman–Crippen LogP) is 1.57. The topological polar surface area (TPSA) is 54.0 Å². The fraction of sp³-hybridized carbons (Fsp3) is 1.00. The Morgan fingerprint density at radius 2 is 2.21 bits per heavy atom. The number of nitrogens with zero attached hydrogens (tertiary/aromatic N) is 3. The van der Waals surface area contributed by atoms with E-state index in [2.05, 4.69) is 29.2 Å². The van der Waals surface area contributed by atoms with Crippen molar-refractivity contribution in [2.24, 2.45) is 22.0 Å². The second kappa shape index (κ2) is 3.85. The first-order valence-electron chi connectivity index (χ1n) is 5.61. The summed E-state index contributed by atoms with van der Waals surface area (Å²) in [6.45, 7) is 5.16. The molecule has 1 aliphatic carbocycles. The molecule has 0 aromatic rings. The van der Waals surface area contributed by atoms with Crippen molar-refractivity contribution >= 4 is 0 Å². The summed E-state index contributed by atoms with van der Waals surface area (Å²) in [5.74, 6) is 0.681. The smallest absolute Gasteiger partial charge is 0.0950 e. The van der Waals surface area contributed by atoms with Crippen molar-refractivity contribution in [3.05, 3.63) is 0 Å². The van der Waals surface area contributed by atoms with Crippen LogP contribution in [0.15, 0.2) is 10.3 Å². The molecule has 4 nitrogen and oxygen atoms in total. The minimum Gasteiger partial charge on any atom is -0.330 e. The number of fused-ring (bicyclic) bond motifs is 1. The van der Waals surface area contributed by atoms with E-state index in [-0.39, 0.29) is 0 Å². The van der Waals surface area contributed by atoms with E-state index in [4.69, 9.17) is 5.73 Å². The highest BCUT2D eigenvalue weighted by atomic mass is 15.6. The van der Waals surface area contributed by atoms with E-state index in [1.165, 1.54) is 19.3 Å². The lowest BCUT2D eigenvalue weighted by atomic mass is 9.82. The first kappa shape index (κ1) is 9.90. The van der Waals surface area contributed by atoms with Crippen LogP contribution in [0.3, 0.4) is 0 Å². The molecule has 0 amide bonds. The summed E-state index contributed by atoms with van der Waals surface area (Å²) in [5, 5.41) is 10.8. The summed E-state index contributed by atoms with van der Waals surface area (Å²) in [6, 6.07) is 1.43. The minimum atomic E-state index is 0.445. The van der Waals surface area contributed by atoms with Crippen molar-refractivity contribution in [3.8, 4) is 0 Å². The Morgan fingerprint density at radius 1 is 1.43 bits per heavy atom. The number of nitrogens with two attached hydrogens (primary N) is 1. The summed E-state index contributed by atoms with van der Waals surface area (Å²) < 4.78 is 0. The van der Waals surface area contributed by atoms with Gasteiger partial charge in [0.05, 0.1) is 12.1 Å². The molecular weight excluding hydrogens is 176 g/mol. The summed E-state index contributed by atoms with van der Waals surface area (Å²) in [7, 11) is 0. The Labute approximate surface area is 85.5 Å². The number of hydrogen-bond donors (Lipinski definition) is 1. The van der Waals surface area contributed by atoms with Gasteiger partial charge in [-0.2, -0.15) is 5.11 Å². The Kier molecular flexibility index (Phi) is 2.72. The predicted molar refractivity (Wildman–Crippen MR) is 55.8 cm³/mol. The lowest BCUT2D eigenvalue weighted by Crippen LogP contribution is -2.44. The normalized spacial score (nSPS) is 36.6. The van der Waals surface area contributed by atoms with Crippen molar-refractivity contribution in [1.29, 1.82) is 0 Å². The second-order valence-electron chi connectivity index (χ2n) is 4.73. The zero-order valence-electron chi connectivity index (χ0n) is 9.06. The number of rotatable bonds is 2. The molecule has 2 aliphatic rings. The highest BCUT2D eigenvalue weighted by Gasteiger charge is 2.38. The molecule has 3 atom stereocenters. The van der Waals surface area contributed by atoms with E-state index >= 15 is 0 Å². The van der Waals surface area contributed by atoms with E-state index in [0.29, 0.717) is 24.0 Å². The van der Waals surface area contributed by atoms with E-state index in [0.717, 1.165) is 6.54 Å². The van der Waals surface area contributed by atoms with Gasteiger partial charge in [-0.1, -0.05) is 5.22 Å². The van der Waals surface area contributed by atoms with E-state index in [1.807, 2.05) is 0 Å². The molecule has 1 heterocycles. The summed E-state index contributed by atoms with van der Waals surface area (Å²) >= 11 is 0. The quantitative estimate of drug-likeness (QED) is 0.729. The van der Waals surface area contributed by atoms with Crippen LogP contribution >= 0.6 is 0 Å². The summed E-state index contributed by atoms with van der Waals surface area (Å²) in [4.78, 5) is 0. The van der Waals surface area contributed by atoms with Gasteiger partial charge in [0.1, 0.15) is 0 Å². The van der Waals surface area contributed by atoms with Gasteiger partial charge < -0.3 is 5.73 Å². The largest absolute Gasteiger partial charge is 0.330 e. The van der Waals surface area contributed by atoms with Gasteiger partial charge >= 0.3 is 0 Å². The monoisotopic (exact) mass is 196 g/mol. The van der Waals surface area contributed by atoms with Gasteiger partial charge in [-0.05, 0) is 45.6 Å². The van der Waals surface area contributed by atoms with Crippen LogP contribution in [0.5, 0.6) is 0 Å². The zero-order chi connectivity index (χ0) is 10.1. The third-order valence-electron chi connectivity index (χ3n) is 3.40. The first-order chi connectivity index (χ1) is 6.72. The van der Waals surface area contributed by atoms with Gasteiger partial charge in [-0.3, -0.25) is 5.01 Å². The zero-order valence-corrected chi connectivity index (χ0v) is 9.06. The van der Waals surface area contributed by atoms with Gasteiger partial charge in [-0.25, -0.2) is 0 Å². The van der Waals surface area contributed by atoms with Crippen LogP contribution in [0.25, 0.3) is 0 Å². The highest BCUT2D eigenvalue weighted by molar-refractivity contribution is 4.93. The molecule has 0 spiro atoms. The minimum absolute atomic E-state index is 0.445. The Balaban J connectivity index is 2.03. The molecule has 3 unspecified atom stereocenters. The van der Waals surface area contributed by atoms with Gasteiger partial charge in [0.2, 0.25) is 0 Å². The fourth-order valence-electron chi connectivity index (χ4n) is 2.53. The molecular formula is C10H20N4. The van der Waals surface area contributed by atoms with Crippen LogP contribution < -0.4 is 5.73 Å². The van der Waals surface area contributed by atoms with Gasteiger partial charge in [0, 0.05) is 6.04 Å². The second-order valence-corrected chi connectivity index (χ2v) is 4.73. The average Bonchev–Trinajstić information content (AvgIpc) is 2.59. The summed E-state index contributed by atoms with van der Waals surface area (Å²) in [5.41, 5.74) is 5.73. The lowest BCUT2D eigenvalue weighted by molar-refractivity contribution is 0.125. The summed E-state index contributed by atoms with van der Waals surface area (Å²) in [6.07, 6.45) is 3.56. The molecule has 0 saturated heterocycles. The van der Waals surface area contributed by atoms with Crippen LogP contribution in [-0.4, -0.2) is 29.7 Å². The maximum Gasteiger partial charge on any atom is 0.0950 e.